The van der Waals surface area contributed by atoms with Crippen LogP contribution in [0.4, 0.5) is 0 Å². The SMILES string of the molecule is c1ccc2c(CC3CC4CCC(C3)N4)cncc2c1. The molecule has 4 rings (SSSR count). The quantitative estimate of drug-likeness (QED) is 0.887. The molecule has 0 saturated carbocycles. The van der Waals surface area contributed by atoms with Crippen LogP contribution in [0.3, 0.4) is 0 Å². The summed E-state index contributed by atoms with van der Waals surface area (Å²) in [5.41, 5.74) is 1.43. The summed E-state index contributed by atoms with van der Waals surface area (Å²) in [7, 11) is 0. The van der Waals surface area contributed by atoms with Gasteiger partial charge >= 0.3 is 0 Å². The monoisotopic (exact) mass is 252 g/mol. The van der Waals surface area contributed by atoms with E-state index >= 15 is 0 Å². The minimum Gasteiger partial charge on any atom is -0.311 e. The first kappa shape index (κ1) is 11.4. The number of piperidine rings is 1. The minimum atomic E-state index is 0.784. The molecule has 2 unspecified atom stereocenters. The first-order valence-corrected chi connectivity index (χ1v) is 7.46. The number of nitrogens with zero attached hydrogens (tertiary/aromatic N) is 1. The Hall–Kier alpha value is -1.41. The summed E-state index contributed by atoms with van der Waals surface area (Å²) in [5, 5.41) is 6.39. The molecule has 19 heavy (non-hydrogen) atoms. The fraction of sp³-hybridized carbons (Fsp3) is 0.471. The number of aromatic nitrogens is 1. The van der Waals surface area contributed by atoms with E-state index in [2.05, 4.69) is 40.8 Å². The highest BCUT2D eigenvalue weighted by molar-refractivity contribution is 5.84. The smallest absolute Gasteiger partial charge is 0.0346 e. The third-order valence-electron chi connectivity index (χ3n) is 4.83. The van der Waals surface area contributed by atoms with E-state index in [9.17, 15) is 0 Å². The van der Waals surface area contributed by atoms with Crippen LogP contribution in [-0.2, 0) is 6.42 Å². The molecule has 98 valence electrons. The van der Waals surface area contributed by atoms with Crippen LogP contribution in [0.15, 0.2) is 36.7 Å². The van der Waals surface area contributed by atoms with E-state index in [1.165, 1.54) is 48.4 Å². The van der Waals surface area contributed by atoms with E-state index in [0.29, 0.717) is 0 Å². The third-order valence-corrected chi connectivity index (χ3v) is 4.83. The Morgan fingerprint density at radius 3 is 2.68 bits per heavy atom. The normalized spacial score (nSPS) is 29.8. The van der Waals surface area contributed by atoms with Crippen molar-refractivity contribution in [2.45, 2.75) is 44.2 Å². The van der Waals surface area contributed by atoms with Crippen LogP contribution in [0, 0.1) is 5.92 Å². The molecule has 2 heteroatoms. The molecule has 1 aromatic heterocycles. The molecule has 2 nitrogen and oxygen atoms in total. The van der Waals surface area contributed by atoms with Crippen LogP contribution in [0.1, 0.15) is 31.2 Å². The van der Waals surface area contributed by atoms with Gasteiger partial charge in [-0.15, -0.1) is 0 Å². The van der Waals surface area contributed by atoms with Crippen molar-refractivity contribution < 1.29 is 0 Å². The summed E-state index contributed by atoms with van der Waals surface area (Å²) in [6.07, 6.45) is 10.7. The molecule has 0 amide bonds. The average molecular weight is 252 g/mol. The van der Waals surface area contributed by atoms with E-state index in [1.54, 1.807) is 0 Å². The molecule has 0 aliphatic carbocycles. The molecular formula is C17H20N2. The standard InChI is InChI=1S/C17H20N2/c1-2-4-17-13(3-1)10-18-11-14(17)7-12-8-15-5-6-16(9-12)19-15/h1-4,10-12,15-16,19H,5-9H2. The van der Waals surface area contributed by atoms with Crippen molar-refractivity contribution in [3.63, 3.8) is 0 Å². The zero-order valence-corrected chi connectivity index (χ0v) is 11.2. The van der Waals surface area contributed by atoms with Crippen LogP contribution in [0.25, 0.3) is 10.8 Å². The van der Waals surface area contributed by atoms with Gasteiger partial charge in [0.2, 0.25) is 0 Å². The van der Waals surface area contributed by atoms with Crippen molar-refractivity contribution in [3.8, 4) is 0 Å². The second kappa shape index (κ2) is 4.61. The van der Waals surface area contributed by atoms with Gasteiger partial charge in [-0.25, -0.2) is 0 Å². The number of pyridine rings is 1. The molecule has 2 aliphatic rings. The number of fused-ring (bicyclic) bond motifs is 3. The van der Waals surface area contributed by atoms with Crippen molar-refractivity contribution in [2.75, 3.05) is 0 Å². The summed E-state index contributed by atoms with van der Waals surface area (Å²) < 4.78 is 0. The lowest BCUT2D eigenvalue weighted by Gasteiger charge is -2.29. The average Bonchev–Trinajstić information content (AvgIpc) is 2.78. The lowest BCUT2D eigenvalue weighted by atomic mass is 9.86. The van der Waals surface area contributed by atoms with Crippen molar-refractivity contribution in [1.29, 1.82) is 0 Å². The van der Waals surface area contributed by atoms with Gasteiger partial charge in [0.25, 0.3) is 0 Å². The Kier molecular flexibility index (Phi) is 2.77. The predicted molar refractivity (Wildman–Crippen MR) is 78.1 cm³/mol. The van der Waals surface area contributed by atoms with Crippen LogP contribution in [0.2, 0.25) is 0 Å². The van der Waals surface area contributed by atoms with E-state index in [0.717, 1.165) is 18.0 Å². The molecule has 0 radical (unpaired) electrons. The lowest BCUT2D eigenvalue weighted by Crippen LogP contribution is -2.38. The molecule has 0 spiro atoms. The van der Waals surface area contributed by atoms with Gasteiger partial charge in [0.1, 0.15) is 0 Å². The number of hydrogen-bond acceptors (Lipinski definition) is 2. The summed E-state index contributed by atoms with van der Waals surface area (Å²) in [4.78, 5) is 4.42. The van der Waals surface area contributed by atoms with E-state index in [1.807, 2.05) is 6.20 Å². The topological polar surface area (TPSA) is 24.9 Å². The Balaban J connectivity index is 1.61. The molecular weight excluding hydrogens is 232 g/mol. The molecule has 2 saturated heterocycles. The summed E-state index contributed by atoms with van der Waals surface area (Å²) in [6.45, 7) is 0. The van der Waals surface area contributed by atoms with Crippen LogP contribution < -0.4 is 5.32 Å². The maximum Gasteiger partial charge on any atom is 0.0346 e. The third kappa shape index (κ3) is 2.14. The number of rotatable bonds is 2. The Bertz CT molecular complexity index is 575. The first-order chi connectivity index (χ1) is 9.38. The van der Waals surface area contributed by atoms with Gasteiger partial charge in [0.15, 0.2) is 0 Å². The molecule has 1 N–H and O–H groups in total. The Morgan fingerprint density at radius 1 is 1.05 bits per heavy atom. The zero-order valence-electron chi connectivity index (χ0n) is 11.2. The lowest BCUT2D eigenvalue weighted by molar-refractivity contribution is 0.299. The summed E-state index contributed by atoms with van der Waals surface area (Å²) in [6, 6.07) is 10.2. The molecule has 2 aliphatic heterocycles. The van der Waals surface area contributed by atoms with Crippen LogP contribution >= 0.6 is 0 Å². The Morgan fingerprint density at radius 2 is 1.84 bits per heavy atom. The molecule has 1 aromatic carbocycles. The highest BCUT2D eigenvalue weighted by atomic mass is 15.0. The largest absolute Gasteiger partial charge is 0.311 e. The molecule has 2 atom stereocenters. The maximum absolute atomic E-state index is 4.42. The highest BCUT2D eigenvalue weighted by Gasteiger charge is 2.33. The van der Waals surface area contributed by atoms with Crippen LogP contribution in [0.5, 0.6) is 0 Å². The molecule has 2 aromatic rings. The molecule has 2 fully saturated rings. The number of hydrogen-bond donors (Lipinski definition) is 1. The maximum atomic E-state index is 4.42. The number of nitrogens with one attached hydrogen (secondary N) is 1. The van der Waals surface area contributed by atoms with Crippen molar-refractivity contribution in [1.82, 2.24) is 10.3 Å². The van der Waals surface area contributed by atoms with Gasteiger partial charge in [-0.1, -0.05) is 24.3 Å². The minimum absolute atomic E-state index is 0.784. The molecule has 3 heterocycles. The van der Waals surface area contributed by atoms with Gasteiger partial charge in [0.05, 0.1) is 0 Å². The van der Waals surface area contributed by atoms with E-state index in [4.69, 9.17) is 0 Å². The van der Waals surface area contributed by atoms with Crippen molar-refractivity contribution in [3.05, 3.63) is 42.2 Å². The van der Waals surface area contributed by atoms with E-state index in [-0.39, 0.29) is 0 Å². The second-order valence-electron chi connectivity index (χ2n) is 6.20. The fourth-order valence-corrected chi connectivity index (χ4v) is 3.99. The predicted octanol–water partition coefficient (Wildman–Crippen LogP) is 3.31. The van der Waals surface area contributed by atoms with Gasteiger partial charge < -0.3 is 5.32 Å². The van der Waals surface area contributed by atoms with Gasteiger partial charge in [-0.3, -0.25) is 4.98 Å². The summed E-state index contributed by atoms with van der Waals surface area (Å²) in [5.74, 6) is 0.839. The van der Waals surface area contributed by atoms with E-state index < -0.39 is 0 Å². The van der Waals surface area contributed by atoms with Gasteiger partial charge in [-0.2, -0.15) is 0 Å². The molecule has 2 bridgehead atoms. The van der Waals surface area contributed by atoms with Gasteiger partial charge in [-0.05, 0) is 49.0 Å². The Labute approximate surface area is 114 Å². The zero-order chi connectivity index (χ0) is 12.7. The summed E-state index contributed by atoms with van der Waals surface area (Å²) >= 11 is 0. The van der Waals surface area contributed by atoms with Crippen molar-refractivity contribution in [2.24, 2.45) is 5.92 Å². The van der Waals surface area contributed by atoms with Gasteiger partial charge in [0, 0.05) is 29.9 Å². The highest BCUT2D eigenvalue weighted by Crippen LogP contribution is 2.33. The fourth-order valence-electron chi connectivity index (χ4n) is 3.99. The first-order valence-electron chi connectivity index (χ1n) is 7.46. The second-order valence-corrected chi connectivity index (χ2v) is 6.20. The number of benzene rings is 1. The van der Waals surface area contributed by atoms with Crippen molar-refractivity contribution >= 4 is 10.8 Å². The van der Waals surface area contributed by atoms with Crippen LogP contribution in [-0.4, -0.2) is 17.1 Å².